The first-order valence-electron chi connectivity index (χ1n) is 8.65. The highest BCUT2D eigenvalue weighted by Gasteiger charge is 2.32. The fraction of sp³-hybridized carbons (Fsp3) is 0.333. The number of piperazine rings is 1. The summed E-state index contributed by atoms with van der Waals surface area (Å²) >= 11 is 3.42. The van der Waals surface area contributed by atoms with E-state index in [0.29, 0.717) is 13.1 Å². The summed E-state index contributed by atoms with van der Waals surface area (Å²) in [6, 6.07) is 4.10. The molecule has 0 aliphatic carbocycles. The summed E-state index contributed by atoms with van der Waals surface area (Å²) in [5.41, 5.74) is 2.64. The Morgan fingerprint density at radius 1 is 1.11 bits per heavy atom. The number of hydrogen-bond acceptors (Lipinski definition) is 5. The third-order valence-corrected chi connectivity index (χ3v) is 5.41. The molecule has 1 aliphatic heterocycles. The van der Waals surface area contributed by atoms with Crippen LogP contribution < -0.4 is 4.90 Å². The van der Waals surface area contributed by atoms with Crippen LogP contribution in [-0.2, 0) is 0 Å². The van der Waals surface area contributed by atoms with Gasteiger partial charge in [0.15, 0.2) is 5.65 Å². The second-order valence-electron chi connectivity index (χ2n) is 6.80. The van der Waals surface area contributed by atoms with E-state index in [0.717, 1.165) is 27.1 Å². The predicted octanol–water partition coefficient (Wildman–Crippen LogP) is 3.13. The van der Waals surface area contributed by atoms with Crippen molar-refractivity contribution in [1.29, 1.82) is 0 Å². The molecular formula is C18H19BrN6O2. The summed E-state index contributed by atoms with van der Waals surface area (Å²) in [5.74, 6) is 0.847. The number of carboxylic acid groups (broad SMARTS) is 1. The second kappa shape index (κ2) is 6.80. The first-order chi connectivity index (χ1) is 12.9. The number of hydrogen-bond donors (Lipinski definition) is 1. The number of anilines is 1. The number of halogens is 1. The van der Waals surface area contributed by atoms with Crippen molar-refractivity contribution in [3.05, 3.63) is 41.4 Å². The highest BCUT2D eigenvalue weighted by Crippen LogP contribution is 2.26. The van der Waals surface area contributed by atoms with Crippen LogP contribution in [0.5, 0.6) is 0 Å². The largest absolute Gasteiger partial charge is 0.465 e. The van der Waals surface area contributed by atoms with E-state index in [1.54, 1.807) is 16.9 Å². The Morgan fingerprint density at radius 2 is 1.81 bits per heavy atom. The van der Waals surface area contributed by atoms with Crippen molar-refractivity contribution in [3.8, 4) is 11.1 Å². The summed E-state index contributed by atoms with van der Waals surface area (Å²) < 4.78 is 2.58. The zero-order valence-corrected chi connectivity index (χ0v) is 16.5. The summed E-state index contributed by atoms with van der Waals surface area (Å²) in [5, 5.41) is 13.5. The molecule has 1 aliphatic rings. The van der Waals surface area contributed by atoms with Gasteiger partial charge in [0.1, 0.15) is 5.82 Å². The molecule has 3 aromatic rings. The molecule has 3 aromatic heterocycles. The third kappa shape index (κ3) is 3.23. The van der Waals surface area contributed by atoms with Gasteiger partial charge in [0.25, 0.3) is 0 Å². The van der Waals surface area contributed by atoms with Gasteiger partial charge in [0.2, 0.25) is 0 Å². The molecule has 1 N–H and O–H groups in total. The predicted molar refractivity (Wildman–Crippen MR) is 105 cm³/mol. The van der Waals surface area contributed by atoms with E-state index in [4.69, 9.17) is 0 Å². The molecule has 0 spiro atoms. The number of rotatable bonds is 2. The first kappa shape index (κ1) is 17.7. The molecule has 0 saturated carbocycles. The molecule has 140 valence electrons. The number of fused-ring (bicyclic) bond motifs is 1. The van der Waals surface area contributed by atoms with E-state index in [-0.39, 0.29) is 12.1 Å². The number of amides is 1. The zero-order valence-electron chi connectivity index (χ0n) is 14.9. The van der Waals surface area contributed by atoms with E-state index < -0.39 is 6.09 Å². The average Bonchev–Trinajstić information content (AvgIpc) is 3.02. The van der Waals surface area contributed by atoms with Crippen molar-refractivity contribution in [2.24, 2.45) is 0 Å². The molecule has 4 heterocycles. The smallest absolute Gasteiger partial charge is 0.407 e. The number of carbonyl (C=O) groups is 1. The van der Waals surface area contributed by atoms with Crippen LogP contribution in [0.2, 0.25) is 0 Å². The first-order valence-corrected chi connectivity index (χ1v) is 9.45. The quantitative estimate of drug-likeness (QED) is 0.671. The topological polar surface area (TPSA) is 86.9 Å². The van der Waals surface area contributed by atoms with Crippen LogP contribution >= 0.6 is 15.9 Å². The van der Waals surface area contributed by atoms with Gasteiger partial charge in [-0.25, -0.2) is 19.3 Å². The molecule has 1 fully saturated rings. The van der Waals surface area contributed by atoms with Crippen LogP contribution in [0.25, 0.3) is 16.8 Å². The summed E-state index contributed by atoms with van der Waals surface area (Å²) in [6.45, 7) is 4.99. The van der Waals surface area contributed by atoms with Crippen molar-refractivity contribution in [3.63, 3.8) is 0 Å². The van der Waals surface area contributed by atoms with Gasteiger partial charge in [-0.05, 0) is 41.9 Å². The minimum Gasteiger partial charge on any atom is -0.465 e. The Hall–Kier alpha value is -2.68. The van der Waals surface area contributed by atoms with Gasteiger partial charge in [-0.2, -0.15) is 5.10 Å². The van der Waals surface area contributed by atoms with Gasteiger partial charge < -0.3 is 14.9 Å². The van der Waals surface area contributed by atoms with Crippen molar-refractivity contribution in [2.45, 2.75) is 25.9 Å². The van der Waals surface area contributed by atoms with Gasteiger partial charge in [-0.1, -0.05) is 0 Å². The highest BCUT2D eigenvalue weighted by molar-refractivity contribution is 9.10. The van der Waals surface area contributed by atoms with E-state index >= 15 is 0 Å². The van der Waals surface area contributed by atoms with Gasteiger partial charge >= 0.3 is 6.09 Å². The number of nitrogens with zero attached hydrogens (tertiary/aromatic N) is 6. The Bertz CT molecular complexity index is 977. The van der Waals surface area contributed by atoms with Crippen LogP contribution in [0.15, 0.2) is 41.4 Å². The lowest BCUT2D eigenvalue weighted by Gasteiger charge is -2.44. The molecule has 9 heteroatoms. The molecule has 0 radical (unpaired) electrons. The van der Waals surface area contributed by atoms with E-state index in [2.05, 4.69) is 35.9 Å². The average molecular weight is 431 g/mol. The Balaban J connectivity index is 1.58. The SMILES string of the molecule is CC1CN(C(=O)O)CC(C)N1c1ccc(-c2cnc3c(Br)cnn3c2)cn1. The minimum atomic E-state index is -0.871. The van der Waals surface area contributed by atoms with Crippen molar-refractivity contribution in [1.82, 2.24) is 24.5 Å². The molecule has 2 atom stereocenters. The van der Waals surface area contributed by atoms with Crippen LogP contribution in [0.3, 0.4) is 0 Å². The van der Waals surface area contributed by atoms with Crippen LogP contribution in [0.1, 0.15) is 13.8 Å². The molecule has 2 unspecified atom stereocenters. The summed E-state index contributed by atoms with van der Waals surface area (Å²) in [6.07, 6.45) is 6.38. The Morgan fingerprint density at radius 3 is 2.44 bits per heavy atom. The lowest BCUT2D eigenvalue weighted by molar-refractivity contribution is 0.128. The fourth-order valence-corrected chi connectivity index (χ4v) is 4.01. The van der Waals surface area contributed by atoms with Crippen molar-refractivity contribution < 1.29 is 9.90 Å². The number of aromatic nitrogens is 4. The maximum Gasteiger partial charge on any atom is 0.407 e. The highest BCUT2D eigenvalue weighted by atomic mass is 79.9. The molecule has 0 aromatic carbocycles. The molecule has 1 amide bonds. The summed E-state index contributed by atoms with van der Waals surface area (Å²) in [4.78, 5) is 24.0. The maximum absolute atomic E-state index is 11.3. The normalized spacial score (nSPS) is 20.3. The van der Waals surface area contributed by atoms with E-state index in [1.165, 1.54) is 4.90 Å². The monoisotopic (exact) mass is 430 g/mol. The maximum atomic E-state index is 11.3. The molecule has 0 bridgehead atoms. The lowest BCUT2D eigenvalue weighted by atomic mass is 10.1. The lowest BCUT2D eigenvalue weighted by Crippen LogP contribution is -2.58. The molecule has 8 nitrogen and oxygen atoms in total. The van der Waals surface area contributed by atoms with Crippen LogP contribution in [0, 0.1) is 0 Å². The molecular weight excluding hydrogens is 412 g/mol. The summed E-state index contributed by atoms with van der Waals surface area (Å²) in [7, 11) is 0. The second-order valence-corrected chi connectivity index (χ2v) is 7.66. The zero-order chi connectivity index (χ0) is 19.1. The van der Waals surface area contributed by atoms with Crippen LogP contribution in [-0.4, -0.2) is 60.9 Å². The Kier molecular flexibility index (Phi) is 4.47. The molecule has 4 rings (SSSR count). The van der Waals surface area contributed by atoms with Crippen LogP contribution in [0.4, 0.5) is 10.6 Å². The fourth-order valence-electron chi connectivity index (χ4n) is 3.63. The van der Waals surface area contributed by atoms with Gasteiger partial charge in [-0.15, -0.1) is 0 Å². The van der Waals surface area contributed by atoms with Gasteiger partial charge in [0.05, 0.1) is 10.7 Å². The van der Waals surface area contributed by atoms with Gasteiger partial charge in [-0.3, -0.25) is 0 Å². The van der Waals surface area contributed by atoms with E-state index in [1.807, 2.05) is 38.4 Å². The molecule has 1 saturated heterocycles. The van der Waals surface area contributed by atoms with Crippen molar-refractivity contribution in [2.75, 3.05) is 18.0 Å². The standard InChI is InChI=1S/C18H19BrN6O2/c1-11-8-23(18(26)27)9-12(2)25(11)16-4-3-13(5-20-16)14-6-21-17-15(19)7-22-24(17)10-14/h3-7,10-12H,8-9H2,1-2H3,(H,26,27). The Labute approximate surface area is 164 Å². The molecule has 27 heavy (non-hydrogen) atoms. The van der Waals surface area contributed by atoms with E-state index in [9.17, 15) is 9.90 Å². The third-order valence-electron chi connectivity index (χ3n) is 4.85. The van der Waals surface area contributed by atoms with Crippen molar-refractivity contribution >= 4 is 33.5 Å². The number of pyridine rings is 1. The van der Waals surface area contributed by atoms with Gasteiger partial charge in [0, 0.05) is 54.9 Å². The minimum absolute atomic E-state index is 0.0580.